The number of rotatable bonds is 2. The molecule has 2 aromatic heterocycles. The second-order valence-corrected chi connectivity index (χ2v) is 4.45. The maximum Gasteiger partial charge on any atom is 0.345 e. The first-order valence-corrected chi connectivity index (χ1v) is 5.42. The van der Waals surface area contributed by atoms with Gasteiger partial charge in [-0.15, -0.1) is 11.3 Å². The van der Waals surface area contributed by atoms with Gasteiger partial charge in [0.2, 0.25) is 5.56 Å². The van der Waals surface area contributed by atoms with Crippen LogP contribution < -0.4 is 5.56 Å². The number of hydrogen-bond acceptors (Lipinski definition) is 3. The highest BCUT2D eigenvalue weighted by molar-refractivity contribution is 7.17. The topological polar surface area (TPSA) is 70.2 Å². The van der Waals surface area contributed by atoms with Gasteiger partial charge in [0.15, 0.2) is 0 Å². The molecule has 2 rings (SSSR count). The third-order valence-corrected chi connectivity index (χ3v) is 3.32. The number of thiophene rings is 1. The maximum absolute atomic E-state index is 11.0. The molecule has 4 nitrogen and oxygen atoms in total. The van der Waals surface area contributed by atoms with Crippen LogP contribution in [0.25, 0.3) is 10.4 Å². The molecule has 0 aromatic carbocycles. The Bertz CT molecular complexity index is 597. The number of carbonyl (C=O) groups is 1. The fraction of sp³-hybridized carbons (Fsp3) is 0.0909. The van der Waals surface area contributed by atoms with E-state index in [4.69, 9.17) is 5.11 Å². The summed E-state index contributed by atoms with van der Waals surface area (Å²) in [6, 6.07) is 4.80. The number of hydrogen-bond donors (Lipinski definition) is 2. The van der Waals surface area contributed by atoms with E-state index in [9.17, 15) is 9.59 Å². The van der Waals surface area contributed by atoms with Gasteiger partial charge in [-0.25, -0.2) is 4.79 Å². The molecule has 5 heteroatoms. The van der Waals surface area contributed by atoms with Gasteiger partial charge in [-0.2, -0.15) is 0 Å². The van der Waals surface area contributed by atoms with Crippen LogP contribution >= 0.6 is 11.3 Å². The van der Waals surface area contributed by atoms with Crippen molar-refractivity contribution >= 4 is 17.3 Å². The summed E-state index contributed by atoms with van der Waals surface area (Å²) in [7, 11) is 0. The van der Waals surface area contributed by atoms with Crippen molar-refractivity contribution in [1.82, 2.24) is 4.98 Å². The van der Waals surface area contributed by atoms with E-state index in [0.717, 1.165) is 16.0 Å². The minimum Gasteiger partial charge on any atom is -0.477 e. The molecule has 2 heterocycles. The second-order valence-electron chi connectivity index (χ2n) is 3.36. The average molecular weight is 235 g/mol. The van der Waals surface area contributed by atoms with Crippen molar-refractivity contribution in [1.29, 1.82) is 0 Å². The summed E-state index contributed by atoms with van der Waals surface area (Å²) in [5.41, 5.74) is 1.54. The monoisotopic (exact) mass is 235 g/mol. The first-order valence-electron chi connectivity index (χ1n) is 4.61. The van der Waals surface area contributed by atoms with Crippen LogP contribution in [0.1, 0.15) is 15.2 Å². The van der Waals surface area contributed by atoms with Crippen LogP contribution in [0.3, 0.4) is 0 Å². The quantitative estimate of drug-likeness (QED) is 0.837. The zero-order valence-electron chi connectivity index (χ0n) is 8.48. The molecule has 0 unspecified atom stereocenters. The maximum atomic E-state index is 11.0. The number of pyridine rings is 1. The zero-order valence-corrected chi connectivity index (χ0v) is 9.30. The lowest BCUT2D eigenvalue weighted by Crippen LogP contribution is -2.03. The smallest absolute Gasteiger partial charge is 0.345 e. The molecule has 0 amide bonds. The fourth-order valence-electron chi connectivity index (χ4n) is 1.44. The lowest BCUT2D eigenvalue weighted by molar-refractivity contribution is 0.0702. The predicted octanol–water partition coefficient (Wildman–Crippen LogP) is 2.11. The molecule has 0 atom stereocenters. The summed E-state index contributed by atoms with van der Waals surface area (Å²) >= 11 is 1.19. The molecule has 0 radical (unpaired) electrons. The Morgan fingerprint density at radius 1 is 1.44 bits per heavy atom. The summed E-state index contributed by atoms with van der Waals surface area (Å²) in [6.45, 7) is 1.82. The largest absolute Gasteiger partial charge is 0.477 e. The molecule has 16 heavy (non-hydrogen) atoms. The highest BCUT2D eigenvalue weighted by Gasteiger charge is 2.10. The number of carboxylic acid groups (broad SMARTS) is 1. The average Bonchev–Trinajstić information content (AvgIpc) is 2.66. The molecule has 0 aliphatic carbocycles. The van der Waals surface area contributed by atoms with Crippen molar-refractivity contribution in [3.63, 3.8) is 0 Å². The molecule has 2 N–H and O–H groups in total. The Balaban J connectivity index is 2.50. The van der Waals surface area contributed by atoms with Gasteiger partial charge in [-0.3, -0.25) is 4.79 Å². The zero-order chi connectivity index (χ0) is 11.7. The molecule has 0 saturated carbocycles. The van der Waals surface area contributed by atoms with Crippen LogP contribution in [0.15, 0.2) is 29.2 Å². The van der Waals surface area contributed by atoms with Gasteiger partial charge in [0.05, 0.1) is 0 Å². The van der Waals surface area contributed by atoms with Crippen molar-refractivity contribution in [2.75, 3.05) is 0 Å². The van der Waals surface area contributed by atoms with Crippen LogP contribution in [-0.4, -0.2) is 16.1 Å². The first kappa shape index (κ1) is 10.6. The standard InChI is InChI=1S/C11H9NO3S/c1-6-4-10(13)12-5-7(6)8-2-3-9(16-8)11(14)15/h2-5H,1H3,(H,12,13)(H,14,15). The van der Waals surface area contributed by atoms with Gasteiger partial charge in [0, 0.05) is 22.7 Å². The van der Waals surface area contributed by atoms with Crippen LogP contribution in [0.2, 0.25) is 0 Å². The molecule has 0 saturated heterocycles. The molecular formula is C11H9NO3S. The van der Waals surface area contributed by atoms with E-state index in [1.54, 1.807) is 18.3 Å². The Morgan fingerprint density at radius 3 is 2.75 bits per heavy atom. The normalized spacial score (nSPS) is 10.3. The van der Waals surface area contributed by atoms with E-state index in [-0.39, 0.29) is 5.56 Å². The van der Waals surface area contributed by atoms with Gasteiger partial charge in [0.1, 0.15) is 4.88 Å². The third-order valence-electron chi connectivity index (χ3n) is 2.21. The van der Waals surface area contributed by atoms with Gasteiger partial charge >= 0.3 is 5.97 Å². The van der Waals surface area contributed by atoms with Crippen LogP contribution in [0, 0.1) is 6.92 Å². The molecular weight excluding hydrogens is 226 g/mol. The number of aromatic carboxylic acids is 1. The van der Waals surface area contributed by atoms with E-state index in [1.165, 1.54) is 17.4 Å². The number of H-pyrrole nitrogens is 1. The molecule has 0 fully saturated rings. The van der Waals surface area contributed by atoms with Crippen molar-refractivity contribution in [3.05, 3.63) is 45.2 Å². The molecule has 0 aliphatic rings. The highest BCUT2D eigenvalue weighted by atomic mass is 32.1. The molecule has 82 valence electrons. The number of aromatic nitrogens is 1. The number of nitrogens with one attached hydrogen (secondary N) is 1. The first-order chi connectivity index (χ1) is 7.58. The molecule has 0 bridgehead atoms. The summed E-state index contributed by atoms with van der Waals surface area (Å²) in [6.07, 6.45) is 1.61. The SMILES string of the molecule is Cc1cc(=O)[nH]cc1-c1ccc(C(=O)O)s1. The number of aromatic amines is 1. The minimum absolute atomic E-state index is 0.156. The van der Waals surface area contributed by atoms with E-state index in [0.29, 0.717) is 4.88 Å². The summed E-state index contributed by atoms with van der Waals surface area (Å²) in [5, 5.41) is 8.81. The summed E-state index contributed by atoms with van der Waals surface area (Å²) < 4.78 is 0. The third kappa shape index (κ3) is 1.90. The van der Waals surface area contributed by atoms with E-state index in [1.807, 2.05) is 6.92 Å². The Kier molecular flexibility index (Phi) is 2.62. The van der Waals surface area contributed by atoms with E-state index >= 15 is 0 Å². The van der Waals surface area contributed by atoms with E-state index in [2.05, 4.69) is 4.98 Å². The molecule has 0 aliphatic heterocycles. The summed E-state index contributed by atoms with van der Waals surface area (Å²) in [4.78, 5) is 25.5. The van der Waals surface area contributed by atoms with Crippen molar-refractivity contribution in [3.8, 4) is 10.4 Å². The van der Waals surface area contributed by atoms with Gasteiger partial charge in [-0.1, -0.05) is 0 Å². The summed E-state index contributed by atoms with van der Waals surface area (Å²) in [5.74, 6) is -0.932. The number of aryl methyl sites for hydroxylation is 1. The van der Waals surface area contributed by atoms with Gasteiger partial charge in [0.25, 0.3) is 0 Å². The van der Waals surface area contributed by atoms with Gasteiger partial charge < -0.3 is 10.1 Å². The van der Waals surface area contributed by atoms with Crippen molar-refractivity contribution < 1.29 is 9.90 Å². The number of carboxylic acids is 1. The Morgan fingerprint density at radius 2 is 2.19 bits per heavy atom. The van der Waals surface area contributed by atoms with Crippen LogP contribution in [-0.2, 0) is 0 Å². The molecule has 2 aromatic rings. The van der Waals surface area contributed by atoms with E-state index < -0.39 is 5.97 Å². The highest BCUT2D eigenvalue weighted by Crippen LogP contribution is 2.29. The predicted molar refractivity (Wildman–Crippen MR) is 62.1 cm³/mol. The van der Waals surface area contributed by atoms with Crippen LogP contribution in [0.4, 0.5) is 0 Å². The van der Waals surface area contributed by atoms with Crippen molar-refractivity contribution in [2.45, 2.75) is 6.92 Å². The second kappa shape index (κ2) is 3.94. The Labute approximate surface area is 95.2 Å². The van der Waals surface area contributed by atoms with Crippen LogP contribution in [0.5, 0.6) is 0 Å². The minimum atomic E-state index is -0.932. The fourth-order valence-corrected chi connectivity index (χ4v) is 2.36. The lowest BCUT2D eigenvalue weighted by atomic mass is 10.1. The van der Waals surface area contributed by atoms with Gasteiger partial charge in [-0.05, 0) is 24.6 Å². The Hall–Kier alpha value is -1.88. The lowest BCUT2D eigenvalue weighted by Gasteiger charge is -2.00. The van der Waals surface area contributed by atoms with Crippen molar-refractivity contribution in [2.24, 2.45) is 0 Å². The molecule has 0 spiro atoms.